The van der Waals surface area contributed by atoms with E-state index >= 15 is 0 Å². The lowest BCUT2D eigenvalue weighted by molar-refractivity contribution is -0.159. The fourth-order valence-electron chi connectivity index (χ4n) is 3.78. The van der Waals surface area contributed by atoms with Crippen molar-refractivity contribution in [2.75, 3.05) is 13.2 Å². The van der Waals surface area contributed by atoms with Crippen molar-refractivity contribution in [3.63, 3.8) is 0 Å². The molecule has 0 saturated carbocycles. The van der Waals surface area contributed by atoms with Gasteiger partial charge in [0.15, 0.2) is 6.10 Å². The molecule has 1 aliphatic carbocycles. The molecule has 6 nitrogen and oxygen atoms in total. The van der Waals surface area contributed by atoms with Gasteiger partial charge >= 0.3 is 11.6 Å². The molecule has 1 fully saturated rings. The van der Waals surface area contributed by atoms with Crippen LogP contribution in [0.2, 0.25) is 0 Å². The number of hydrogen-bond acceptors (Lipinski definition) is 6. The number of esters is 1. The first kappa shape index (κ1) is 18.2. The second kappa shape index (κ2) is 7.82. The predicted molar refractivity (Wildman–Crippen MR) is 98.7 cm³/mol. The van der Waals surface area contributed by atoms with Crippen molar-refractivity contribution in [3.8, 4) is 0 Å². The van der Waals surface area contributed by atoms with Crippen LogP contribution >= 0.6 is 0 Å². The van der Waals surface area contributed by atoms with Crippen LogP contribution in [0.4, 0.5) is 0 Å². The van der Waals surface area contributed by atoms with Crippen LogP contribution in [0.5, 0.6) is 0 Å². The van der Waals surface area contributed by atoms with Crippen LogP contribution in [0, 0.1) is 0 Å². The molecule has 6 heteroatoms. The summed E-state index contributed by atoms with van der Waals surface area (Å²) in [4.78, 5) is 24.1. The zero-order valence-corrected chi connectivity index (χ0v) is 15.5. The van der Waals surface area contributed by atoms with Crippen LogP contribution in [0.25, 0.3) is 11.0 Å². The molecular formula is C21H24O6. The Kier molecular flexibility index (Phi) is 5.27. The SMILES string of the molecule is CC(OCC1CCCO1)C(=O)OCc1cc(=O)oc2cc3c(cc12)CCC3. The third kappa shape index (κ3) is 4.06. The Morgan fingerprint density at radius 2 is 2.04 bits per heavy atom. The third-order valence-corrected chi connectivity index (χ3v) is 5.30. The zero-order chi connectivity index (χ0) is 18.8. The molecule has 1 aliphatic heterocycles. The Labute approximate surface area is 157 Å². The highest BCUT2D eigenvalue weighted by molar-refractivity contribution is 5.82. The largest absolute Gasteiger partial charge is 0.459 e. The van der Waals surface area contributed by atoms with Gasteiger partial charge in [0.25, 0.3) is 0 Å². The van der Waals surface area contributed by atoms with Crippen molar-refractivity contribution in [3.05, 3.63) is 45.3 Å². The number of fused-ring (bicyclic) bond motifs is 2. The lowest BCUT2D eigenvalue weighted by atomic mass is 10.0. The molecule has 1 aromatic heterocycles. The molecule has 2 heterocycles. The molecule has 1 saturated heterocycles. The summed E-state index contributed by atoms with van der Waals surface area (Å²) in [5.74, 6) is -0.449. The molecule has 4 rings (SSSR count). The molecule has 1 aromatic carbocycles. The maximum absolute atomic E-state index is 12.2. The fourth-order valence-corrected chi connectivity index (χ4v) is 3.78. The number of benzene rings is 1. The number of aryl methyl sites for hydroxylation is 2. The Morgan fingerprint density at radius 1 is 1.22 bits per heavy atom. The lowest BCUT2D eigenvalue weighted by Gasteiger charge is -2.16. The first-order chi connectivity index (χ1) is 13.1. The van der Waals surface area contributed by atoms with Crippen LogP contribution < -0.4 is 5.63 Å². The van der Waals surface area contributed by atoms with Crippen molar-refractivity contribution < 1.29 is 23.4 Å². The summed E-state index contributed by atoms with van der Waals surface area (Å²) in [5, 5.41) is 0.830. The van der Waals surface area contributed by atoms with Crippen LogP contribution in [-0.4, -0.2) is 31.4 Å². The van der Waals surface area contributed by atoms with E-state index in [-0.39, 0.29) is 12.7 Å². The number of rotatable bonds is 6. The van der Waals surface area contributed by atoms with E-state index < -0.39 is 17.7 Å². The minimum Gasteiger partial charge on any atom is -0.459 e. The van der Waals surface area contributed by atoms with Gasteiger partial charge in [0.05, 0.1) is 12.7 Å². The molecule has 144 valence electrons. The maximum atomic E-state index is 12.2. The fraction of sp³-hybridized carbons (Fsp3) is 0.524. The van der Waals surface area contributed by atoms with E-state index in [0.717, 1.165) is 44.1 Å². The van der Waals surface area contributed by atoms with Crippen LogP contribution in [0.3, 0.4) is 0 Å². The summed E-state index contributed by atoms with van der Waals surface area (Å²) in [7, 11) is 0. The highest BCUT2D eigenvalue weighted by Crippen LogP contribution is 2.28. The summed E-state index contributed by atoms with van der Waals surface area (Å²) in [6, 6.07) is 5.40. The van der Waals surface area contributed by atoms with Gasteiger partial charge in [-0.2, -0.15) is 0 Å². The van der Waals surface area contributed by atoms with Crippen molar-refractivity contribution >= 4 is 16.9 Å². The quantitative estimate of drug-likeness (QED) is 0.573. The lowest BCUT2D eigenvalue weighted by Crippen LogP contribution is -2.27. The Bertz CT molecular complexity index is 893. The summed E-state index contributed by atoms with van der Waals surface area (Å²) in [6.45, 7) is 2.83. The first-order valence-electron chi connectivity index (χ1n) is 9.58. The third-order valence-electron chi connectivity index (χ3n) is 5.30. The highest BCUT2D eigenvalue weighted by atomic mass is 16.6. The molecule has 2 aliphatic rings. The number of hydrogen-bond donors (Lipinski definition) is 0. The Balaban J connectivity index is 1.43. The zero-order valence-electron chi connectivity index (χ0n) is 15.5. The van der Waals surface area contributed by atoms with E-state index in [0.29, 0.717) is 17.8 Å². The van der Waals surface area contributed by atoms with Gasteiger partial charge in [-0.05, 0) is 62.3 Å². The normalized spacial score (nSPS) is 20.0. The molecule has 0 bridgehead atoms. The number of carbonyl (C=O) groups is 1. The smallest absolute Gasteiger partial charge is 0.336 e. The van der Waals surface area contributed by atoms with E-state index in [4.69, 9.17) is 18.6 Å². The minimum atomic E-state index is -0.676. The number of carbonyl (C=O) groups excluding carboxylic acids is 1. The van der Waals surface area contributed by atoms with Gasteiger partial charge in [0.1, 0.15) is 12.2 Å². The van der Waals surface area contributed by atoms with E-state index in [1.165, 1.54) is 17.2 Å². The summed E-state index contributed by atoms with van der Waals surface area (Å²) < 4.78 is 21.8. The van der Waals surface area contributed by atoms with Crippen LogP contribution in [0.1, 0.15) is 42.9 Å². The summed E-state index contributed by atoms with van der Waals surface area (Å²) in [5.41, 5.74) is 3.29. The van der Waals surface area contributed by atoms with Gasteiger partial charge in [-0.1, -0.05) is 0 Å². The second-order valence-electron chi connectivity index (χ2n) is 7.28. The van der Waals surface area contributed by atoms with Crippen molar-refractivity contribution in [2.24, 2.45) is 0 Å². The van der Waals surface area contributed by atoms with Crippen LogP contribution in [-0.2, 0) is 38.5 Å². The van der Waals surface area contributed by atoms with Gasteiger partial charge in [0.2, 0.25) is 0 Å². The topological polar surface area (TPSA) is 75.0 Å². The van der Waals surface area contributed by atoms with Gasteiger partial charge in [-0.15, -0.1) is 0 Å². The van der Waals surface area contributed by atoms with E-state index in [9.17, 15) is 9.59 Å². The average Bonchev–Trinajstić information content (AvgIpc) is 3.33. The number of ether oxygens (including phenoxy) is 3. The average molecular weight is 372 g/mol. The Hall–Kier alpha value is -2.18. The predicted octanol–water partition coefficient (Wildman–Crippen LogP) is 2.91. The van der Waals surface area contributed by atoms with Crippen LogP contribution in [0.15, 0.2) is 27.4 Å². The molecular weight excluding hydrogens is 348 g/mol. The van der Waals surface area contributed by atoms with Crippen molar-refractivity contribution in [1.82, 2.24) is 0 Å². The minimum absolute atomic E-state index is 0.0212. The maximum Gasteiger partial charge on any atom is 0.336 e. The molecule has 2 aromatic rings. The van der Waals surface area contributed by atoms with Gasteiger partial charge in [-0.25, -0.2) is 9.59 Å². The van der Waals surface area contributed by atoms with Gasteiger partial charge < -0.3 is 18.6 Å². The molecule has 2 unspecified atom stereocenters. The molecule has 0 amide bonds. The van der Waals surface area contributed by atoms with E-state index in [1.807, 2.05) is 6.07 Å². The summed E-state index contributed by atoms with van der Waals surface area (Å²) >= 11 is 0. The van der Waals surface area contributed by atoms with Crippen molar-refractivity contribution in [1.29, 1.82) is 0 Å². The molecule has 0 N–H and O–H groups in total. The highest BCUT2D eigenvalue weighted by Gasteiger charge is 2.21. The second-order valence-corrected chi connectivity index (χ2v) is 7.28. The summed E-state index contributed by atoms with van der Waals surface area (Å²) in [6.07, 6.45) is 4.51. The van der Waals surface area contributed by atoms with E-state index in [1.54, 1.807) is 6.92 Å². The first-order valence-corrected chi connectivity index (χ1v) is 9.58. The van der Waals surface area contributed by atoms with Crippen molar-refractivity contribution in [2.45, 2.75) is 57.8 Å². The standard InChI is InChI=1S/C21H24O6/c1-13(25-12-17-6-3-7-24-17)21(23)26-11-16-10-20(22)27-19-9-15-5-2-4-14(15)8-18(16)19/h8-10,13,17H,2-7,11-12H2,1H3. The molecule has 0 spiro atoms. The monoisotopic (exact) mass is 372 g/mol. The molecule has 2 atom stereocenters. The van der Waals surface area contributed by atoms with Gasteiger partial charge in [0, 0.05) is 23.6 Å². The molecule has 27 heavy (non-hydrogen) atoms. The van der Waals surface area contributed by atoms with Gasteiger partial charge in [-0.3, -0.25) is 0 Å². The van der Waals surface area contributed by atoms with E-state index in [2.05, 4.69) is 6.07 Å². The Morgan fingerprint density at radius 3 is 2.81 bits per heavy atom. The molecule has 0 radical (unpaired) electrons.